The SMILES string of the molecule is COc1ccccc1Cc1nc2cc(F)ccc2n1C1CCN(C(=O)Cn2nc(C)cc2C)CC1. The van der Waals surface area contributed by atoms with Crippen LogP contribution in [-0.2, 0) is 17.8 Å². The van der Waals surface area contributed by atoms with Crippen molar-refractivity contribution in [1.82, 2.24) is 24.2 Å². The van der Waals surface area contributed by atoms with E-state index in [1.807, 2.05) is 55.1 Å². The van der Waals surface area contributed by atoms with Gasteiger partial charge in [-0.3, -0.25) is 9.48 Å². The summed E-state index contributed by atoms with van der Waals surface area (Å²) >= 11 is 0. The van der Waals surface area contributed by atoms with Crippen LogP contribution in [0.25, 0.3) is 11.0 Å². The summed E-state index contributed by atoms with van der Waals surface area (Å²) in [5.74, 6) is 1.47. The van der Waals surface area contributed by atoms with Gasteiger partial charge in [0.1, 0.15) is 23.9 Å². The molecule has 0 radical (unpaired) electrons. The van der Waals surface area contributed by atoms with Crippen molar-refractivity contribution in [2.24, 2.45) is 0 Å². The predicted octanol–water partition coefficient (Wildman–Crippen LogP) is 4.45. The second kappa shape index (κ2) is 9.52. The topological polar surface area (TPSA) is 65.2 Å². The van der Waals surface area contributed by atoms with Crippen LogP contribution in [0.15, 0.2) is 48.5 Å². The normalized spacial score (nSPS) is 14.6. The van der Waals surface area contributed by atoms with Gasteiger partial charge in [0.05, 0.1) is 23.8 Å². The van der Waals surface area contributed by atoms with E-state index in [0.717, 1.165) is 46.9 Å². The number of amides is 1. The molecule has 7 nitrogen and oxygen atoms in total. The van der Waals surface area contributed by atoms with Crippen LogP contribution in [0.2, 0.25) is 0 Å². The first-order valence-electron chi connectivity index (χ1n) is 12.0. The molecule has 5 rings (SSSR count). The number of benzene rings is 2. The fraction of sp³-hybridized carbons (Fsp3) is 0.370. The molecule has 0 aliphatic carbocycles. The molecule has 8 heteroatoms. The van der Waals surface area contributed by atoms with Crippen molar-refractivity contribution in [2.75, 3.05) is 20.2 Å². The smallest absolute Gasteiger partial charge is 0.244 e. The number of ether oxygens (including phenoxy) is 1. The highest BCUT2D eigenvalue weighted by Gasteiger charge is 2.27. The Morgan fingerprint density at radius 1 is 1.11 bits per heavy atom. The first-order valence-corrected chi connectivity index (χ1v) is 12.0. The number of aromatic nitrogens is 4. The van der Waals surface area contributed by atoms with E-state index >= 15 is 0 Å². The number of carbonyl (C=O) groups is 1. The zero-order chi connectivity index (χ0) is 24.5. The molecule has 0 atom stereocenters. The highest BCUT2D eigenvalue weighted by molar-refractivity contribution is 5.77. The highest BCUT2D eigenvalue weighted by Crippen LogP contribution is 2.31. The van der Waals surface area contributed by atoms with Gasteiger partial charge in [0.25, 0.3) is 0 Å². The number of para-hydroxylation sites is 1. The highest BCUT2D eigenvalue weighted by atomic mass is 19.1. The van der Waals surface area contributed by atoms with Crippen LogP contribution in [0, 0.1) is 19.7 Å². The molecule has 3 heterocycles. The monoisotopic (exact) mass is 475 g/mol. The maximum Gasteiger partial charge on any atom is 0.244 e. The molecule has 2 aromatic carbocycles. The molecule has 4 aromatic rings. The average molecular weight is 476 g/mol. The molecular formula is C27H30FN5O2. The van der Waals surface area contributed by atoms with Gasteiger partial charge in [-0.1, -0.05) is 18.2 Å². The molecule has 0 unspecified atom stereocenters. The van der Waals surface area contributed by atoms with Crippen LogP contribution in [-0.4, -0.2) is 50.3 Å². The lowest BCUT2D eigenvalue weighted by Crippen LogP contribution is -2.41. The number of methoxy groups -OCH3 is 1. The van der Waals surface area contributed by atoms with E-state index in [0.29, 0.717) is 25.0 Å². The molecule has 2 aromatic heterocycles. The molecule has 1 aliphatic heterocycles. The van der Waals surface area contributed by atoms with Gasteiger partial charge < -0.3 is 14.2 Å². The quantitative estimate of drug-likeness (QED) is 0.413. The molecule has 0 N–H and O–H groups in total. The van der Waals surface area contributed by atoms with Crippen LogP contribution < -0.4 is 4.74 Å². The van der Waals surface area contributed by atoms with Crippen molar-refractivity contribution in [3.05, 3.63) is 77.1 Å². The zero-order valence-corrected chi connectivity index (χ0v) is 20.4. The number of fused-ring (bicyclic) bond motifs is 1. The number of aryl methyl sites for hydroxylation is 2. The van der Waals surface area contributed by atoms with Crippen molar-refractivity contribution in [3.63, 3.8) is 0 Å². The number of hydrogen-bond acceptors (Lipinski definition) is 4. The second-order valence-corrected chi connectivity index (χ2v) is 9.22. The third kappa shape index (κ3) is 4.65. The number of piperidine rings is 1. The zero-order valence-electron chi connectivity index (χ0n) is 20.4. The van der Waals surface area contributed by atoms with Gasteiger partial charge in [0.2, 0.25) is 5.91 Å². The number of likely N-dealkylation sites (tertiary alicyclic amines) is 1. The first-order chi connectivity index (χ1) is 16.9. The van der Waals surface area contributed by atoms with Crippen LogP contribution in [0.4, 0.5) is 4.39 Å². The van der Waals surface area contributed by atoms with Crippen LogP contribution in [0.3, 0.4) is 0 Å². The van der Waals surface area contributed by atoms with Crippen LogP contribution in [0.5, 0.6) is 5.75 Å². The maximum atomic E-state index is 14.0. The van der Waals surface area contributed by atoms with E-state index in [1.165, 1.54) is 12.1 Å². The van der Waals surface area contributed by atoms with E-state index in [1.54, 1.807) is 11.8 Å². The summed E-state index contributed by atoms with van der Waals surface area (Å²) in [7, 11) is 1.66. The maximum absolute atomic E-state index is 14.0. The van der Waals surface area contributed by atoms with Gasteiger partial charge >= 0.3 is 0 Å². The summed E-state index contributed by atoms with van der Waals surface area (Å²) in [6.45, 7) is 5.49. The van der Waals surface area contributed by atoms with Crippen LogP contribution >= 0.6 is 0 Å². The first kappa shape index (κ1) is 23.1. The average Bonchev–Trinajstić information content (AvgIpc) is 3.36. The van der Waals surface area contributed by atoms with Gasteiger partial charge in [-0.2, -0.15) is 5.10 Å². The van der Waals surface area contributed by atoms with Crippen molar-refractivity contribution < 1.29 is 13.9 Å². The lowest BCUT2D eigenvalue weighted by molar-refractivity contribution is -0.133. The van der Waals surface area contributed by atoms with Crippen molar-refractivity contribution in [3.8, 4) is 5.75 Å². The number of halogens is 1. The number of imidazole rings is 1. The Bertz CT molecular complexity index is 1370. The van der Waals surface area contributed by atoms with E-state index in [-0.39, 0.29) is 24.3 Å². The molecule has 35 heavy (non-hydrogen) atoms. The Hall–Kier alpha value is -3.68. The minimum absolute atomic E-state index is 0.0847. The van der Waals surface area contributed by atoms with Gasteiger partial charge in [0, 0.05) is 42.9 Å². The second-order valence-electron chi connectivity index (χ2n) is 9.22. The molecule has 0 spiro atoms. The minimum atomic E-state index is -0.296. The standard InChI is InChI=1S/C27H30FN5O2/c1-18-14-19(2)32(30-18)17-27(34)31-12-10-22(11-13-31)33-24-9-8-21(28)16-23(24)29-26(33)15-20-6-4-5-7-25(20)35-3/h4-9,14,16,22H,10-13,15,17H2,1-3H3. The molecule has 1 amide bonds. The van der Waals surface area contributed by atoms with E-state index in [2.05, 4.69) is 9.67 Å². The van der Waals surface area contributed by atoms with Gasteiger partial charge in [-0.25, -0.2) is 9.37 Å². The third-order valence-electron chi connectivity index (χ3n) is 6.84. The van der Waals surface area contributed by atoms with E-state index in [4.69, 9.17) is 9.72 Å². The summed E-state index contributed by atoms with van der Waals surface area (Å²) in [6.07, 6.45) is 2.20. The van der Waals surface area contributed by atoms with Gasteiger partial charge in [-0.15, -0.1) is 0 Å². The Morgan fingerprint density at radius 3 is 2.60 bits per heavy atom. The summed E-state index contributed by atoms with van der Waals surface area (Å²) in [5.41, 5.74) is 4.51. The summed E-state index contributed by atoms with van der Waals surface area (Å²) < 4.78 is 23.6. The number of carbonyl (C=O) groups excluding carboxylic acids is 1. The number of hydrogen-bond donors (Lipinski definition) is 0. The summed E-state index contributed by atoms with van der Waals surface area (Å²) in [6, 6.07) is 14.8. The minimum Gasteiger partial charge on any atom is -0.496 e. The van der Waals surface area contributed by atoms with E-state index in [9.17, 15) is 9.18 Å². The molecule has 1 fully saturated rings. The molecule has 0 bridgehead atoms. The van der Waals surface area contributed by atoms with Crippen molar-refractivity contribution >= 4 is 16.9 Å². The predicted molar refractivity (Wildman–Crippen MR) is 132 cm³/mol. The molecule has 1 aliphatic rings. The lowest BCUT2D eigenvalue weighted by atomic mass is 10.0. The van der Waals surface area contributed by atoms with Crippen LogP contribution in [0.1, 0.15) is 41.7 Å². The fourth-order valence-corrected chi connectivity index (χ4v) is 5.11. The molecular weight excluding hydrogens is 445 g/mol. The summed E-state index contributed by atoms with van der Waals surface area (Å²) in [5, 5.41) is 4.42. The molecule has 1 saturated heterocycles. The van der Waals surface area contributed by atoms with Crippen molar-refractivity contribution in [1.29, 1.82) is 0 Å². The largest absolute Gasteiger partial charge is 0.496 e. The van der Waals surface area contributed by atoms with Gasteiger partial charge in [-0.05, 0) is 51.0 Å². The summed E-state index contributed by atoms with van der Waals surface area (Å²) in [4.78, 5) is 19.7. The van der Waals surface area contributed by atoms with E-state index < -0.39 is 0 Å². The Balaban J connectivity index is 1.38. The van der Waals surface area contributed by atoms with Gasteiger partial charge in [0.15, 0.2) is 0 Å². The molecule has 0 saturated carbocycles. The lowest BCUT2D eigenvalue weighted by Gasteiger charge is -2.34. The molecule has 182 valence electrons. The Labute approximate surface area is 204 Å². The third-order valence-corrected chi connectivity index (χ3v) is 6.84. The number of rotatable bonds is 6. The Morgan fingerprint density at radius 2 is 1.89 bits per heavy atom. The van der Waals surface area contributed by atoms with Crippen molar-refractivity contribution in [2.45, 2.75) is 45.7 Å². The fourth-order valence-electron chi connectivity index (χ4n) is 5.11. The Kier molecular flexibility index (Phi) is 6.28. The number of nitrogens with zero attached hydrogens (tertiary/aromatic N) is 5.